The van der Waals surface area contributed by atoms with Crippen LogP contribution in [0, 0.1) is 0 Å². The van der Waals surface area contributed by atoms with Crippen molar-refractivity contribution in [3.05, 3.63) is 21.3 Å². The van der Waals surface area contributed by atoms with Crippen molar-refractivity contribution in [2.75, 3.05) is 0 Å². The summed E-state index contributed by atoms with van der Waals surface area (Å²) in [7, 11) is 0. The number of carbonyl (C=O) groups excluding carboxylic acids is 1. The Kier molecular flexibility index (Phi) is 3.40. The molecule has 0 aromatic carbocycles. The molecule has 0 spiro atoms. The fourth-order valence-corrected chi connectivity index (χ4v) is 3.03. The van der Waals surface area contributed by atoms with Gasteiger partial charge in [-0.15, -0.1) is 11.3 Å². The van der Waals surface area contributed by atoms with Gasteiger partial charge < -0.3 is 10.4 Å². The van der Waals surface area contributed by atoms with Crippen LogP contribution >= 0.6 is 22.9 Å². The summed E-state index contributed by atoms with van der Waals surface area (Å²) in [6.45, 7) is 0. The summed E-state index contributed by atoms with van der Waals surface area (Å²) in [5.41, 5.74) is -0.573. The van der Waals surface area contributed by atoms with Crippen LogP contribution in [0.1, 0.15) is 35.4 Å². The van der Waals surface area contributed by atoms with E-state index in [-0.39, 0.29) is 12.3 Å². The first-order valence-corrected chi connectivity index (χ1v) is 6.55. The van der Waals surface area contributed by atoms with Gasteiger partial charge in [-0.1, -0.05) is 11.6 Å². The smallest absolute Gasteiger partial charge is 0.305 e. The van der Waals surface area contributed by atoms with Crippen LogP contribution in [0.2, 0.25) is 5.02 Å². The van der Waals surface area contributed by atoms with Crippen LogP contribution < -0.4 is 5.32 Å². The van der Waals surface area contributed by atoms with Gasteiger partial charge in [-0.3, -0.25) is 9.59 Å². The number of carbonyl (C=O) groups is 2. The van der Waals surface area contributed by atoms with Crippen molar-refractivity contribution in [2.45, 2.75) is 31.2 Å². The predicted octanol–water partition coefficient (Wildman–Crippen LogP) is 2.53. The fraction of sp³-hybridized carbons (Fsp3) is 0.455. The number of halogens is 1. The van der Waals surface area contributed by atoms with E-state index in [1.165, 1.54) is 11.3 Å². The average Bonchev–Trinajstić information content (AvgIpc) is 2.60. The molecule has 17 heavy (non-hydrogen) atoms. The number of hydrogen-bond acceptors (Lipinski definition) is 3. The minimum Gasteiger partial charge on any atom is -0.481 e. The lowest BCUT2D eigenvalue weighted by molar-refractivity contribution is -0.139. The highest BCUT2D eigenvalue weighted by molar-refractivity contribution is 7.12. The summed E-state index contributed by atoms with van der Waals surface area (Å²) in [4.78, 5) is 23.2. The molecule has 92 valence electrons. The van der Waals surface area contributed by atoms with Crippen LogP contribution in [0.25, 0.3) is 0 Å². The van der Waals surface area contributed by atoms with Crippen LogP contribution in [-0.4, -0.2) is 22.5 Å². The van der Waals surface area contributed by atoms with E-state index < -0.39 is 11.5 Å². The number of amides is 1. The molecule has 0 unspecified atom stereocenters. The monoisotopic (exact) mass is 273 g/mol. The van der Waals surface area contributed by atoms with Gasteiger partial charge in [0.2, 0.25) is 0 Å². The van der Waals surface area contributed by atoms with Crippen LogP contribution in [-0.2, 0) is 4.79 Å². The maximum Gasteiger partial charge on any atom is 0.305 e. The minimum atomic E-state index is -0.887. The van der Waals surface area contributed by atoms with Gasteiger partial charge in [0, 0.05) is 0 Å². The van der Waals surface area contributed by atoms with Gasteiger partial charge in [-0.2, -0.15) is 0 Å². The second-order valence-corrected chi connectivity index (χ2v) is 5.58. The maximum atomic E-state index is 11.9. The molecule has 2 N–H and O–H groups in total. The Labute approximate surface area is 108 Å². The normalized spacial score (nSPS) is 17.2. The third-order valence-corrected chi connectivity index (χ3v) is 4.34. The molecule has 0 bridgehead atoms. The first kappa shape index (κ1) is 12.4. The number of carboxylic acids is 1. The molecule has 1 aliphatic rings. The van der Waals surface area contributed by atoms with Crippen molar-refractivity contribution in [3.8, 4) is 0 Å². The molecule has 1 saturated carbocycles. The van der Waals surface area contributed by atoms with E-state index in [0.29, 0.717) is 22.7 Å². The highest BCUT2D eigenvalue weighted by atomic mass is 35.5. The predicted molar refractivity (Wildman–Crippen MR) is 65.6 cm³/mol. The lowest BCUT2D eigenvalue weighted by atomic mass is 9.74. The second-order valence-electron chi connectivity index (χ2n) is 4.26. The third kappa shape index (κ3) is 2.61. The molecule has 1 heterocycles. The molecule has 0 aliphatic heterocycles. The van der Waals surface area contributed by atoms with Crippen molar-refractivity contribution < 1.29 is 14.7 Å². The van der Waals surface area contributed by atoms with Gasteiger partial charge in [0.15, 0.2) is 0 Å². The van der Waals surface area contributed by atoms with Crippen molar-refractivity contribution in [1.29, 1.82) is 0 Å². The average molecular weight is 274 g/mol. The van der Waals surface area contributed by atoms with E-state index in [0.717, 1.165) is 6.42 Å². The standard InChI is InChI=1S/C11H12ClNO3S/c12-7-2-5-17-9(7)10(16)13-11(3-1-4-11)6-8(14)15/h2,5H,1,3-4,6H2,(H,13,16)(H,14,15). The molecular weight excluding hydrogens is 262 g/mol. The number of nitrogens with one attached hydrogen (secondary N) is 1. The Morgan fingerprint density at radius 3 is 2.65 bits per heavy atom. The lowest BCUT2D eigenvalue weighted by Gasteiger charge is -2.41. The molecule has 2 rings (SSSR count). The highest BCUT2D eigenvalue weighted by Crippen LogP contribution is 2.35. The summed E-state index contributed by atoms with van der Waals surface area (Å²) >= 11 is 7.12. The Morgan fingerprint density at radius 2 is 2.24 bits per heavy atom. The number of carboxylic acid groups (broad SMARTS) is 1. The van der Waals surface area contributed by atoms with Crippen molar-refractivity contribution >= 4 is 34.8 Å². The summed E-state index contributed by atoms with van der Waals surface area (Å²) in [5.74, 6) is -1.16. The molecule has 0 saturated heterocycles. The van der Waals surface area contributed by atoms with E-state index in [4.69, 9.17) is 16.7 Å². The van der Waals surface area contributed by atoms with Crippen molar-refractivity contribution in [1.82, 2.24) is 5.32 Å². The Bertz CT molecular complexity index is 453. The van der Waals surface area contributed by atoms with Crippen molar-refractivity contribution in [3.63, 3.8) is 0 Å². The summed E-state index contributed by atoms with van der Waals surface area (Å²) in [5, 5.41) is 13.8. The Morgan fingerprint density at radius 1 is 1.53 bits per heavy atom. The number of rotatable bonds is 4. The van der Waals surface area contributed by atoms with Gasteiger partial charge in [0.25, 0.3) is 5.91 Å². The molecule has 6 heteroatoms. The molecule has 0 radical (unpaired) electrons. The molecule has 0 atom stereocenters. The molecular formula is C11H12ClNO3S. The topological polar surface area (TPSA) is 66.4 Å². The largest absolute Gasteiger partial charge is 0.481 e. The fourth-order valence-electron chi connectivity index (χ4n) is 1.99. The first-order valence-electron chi connectivity index (χ1n) is 5.30. The van der Waals surface area contributed by atoms with E-state index >= 15 is 0 Å². The number of aliphatic carboxylic acids is 1. The SMILES string of the molecule is O=C(O)CC1(NC(=O)c2sccc2Cl)CCC1. The van der Waals surface area contributed by atoms with E-state index in [2.05, 4.69) is 5.32 Å². The minimum absolute atomic E-state index is 0.0261. The molecule has 4 nitrogen and oxygen atoms in total. The molecule has 1 aromatic rings. The Balaban J connectivity index is 2.07. The first-order chi connectivity index (χ1) is 8.02. The zero-order chi connectivity index (χ0) is 12.5. The van der Waals surface area contributed by atoms with Gasteiger partial charge in [0.1, 0.15) is 4.88 Å². The Hall–Kier alpha value is -1.07. The van der Waals surface area contributed by atoms with Crippen LogP contribution in [0.5, 0.6) is 0 Å². The molecule has 1 fully saturated rings. The second kappa shape index (κ2) is 4.66. The van der Waals surface area contributed by atoms with Gasteiger partial charge in [-0.05, 0) is 30.7 Å². The van der Waals surface area contributed by atoms with Gasteiger partial charge in [0.05, 0.1) is 17.0 Å². The third-order valence-electron chi connectivity index (χ3n) is 3.00. The van der Waals surface area contributed by atoms with Crippen LogP contribution in [0.3, 0.4) is 0 Å². The quantitative estimate of drug-likeness (QED) is 0.886. The molecule has 1 aromatic heterocycles. The van der Waals surface area contributed by atoms with Crippen molar-refractivity contribution in [2.24, 2.45) is 0 Å². The van der Waals surface area contributed by atoms with Gasteiger partial charge >= 0.3 is 5.97 Å². The van der Waals surface area contributed by atoms with E-state index in [9.17, 15) is 9.59 Å². The maximum absolute atomic E-state index is 11.9. The number of thiophene rings is 1. The highest BCUT2D eigenvalue weighted by Gasteiger charge is 2.40. The number of hydrogen-bond donors (Lipinski definition) is 2. The van der Waals surface area contributed by atoms with Crippen LogP contribution in [0.4, 0.5) is 0 Å². The summed E-state index contributed by atoms with van der Waals surface area (Å²) in [6.07, 6.45) is 2.36. The van der Waals surface area contributed by atoms with Gasteiger partial charge in [-0.25, -0.2) is 0 Å². The molecule has 1 aliphatic carbocycles. The molecule has 1 amide bonds. The summed E-state index contributed by atoms with van der Waals surface area (Å²) < 4.78 is 0. The van der Waals surface area contributed by atoms with E-state index in [1.54, 1.807) is 11.4 Å². The zero-order valence-corrected chi connectivity index (χ0v) is 10.6. The van der Waals surface area contributed by atoms with Crippen LogP contribution in [0.15, 0.2) is 11.4 Å². The lowest BCUT2D eigenvalue weighted by Crippen LogP contribution is -2.54. The zero-order valence-electron chi connectivity index (χ0n) is 9.03. The van der Waals surface area contributed by atoms with E-state index in [1.807, 2.05) is 0 Å². The summed E-state index contributed by atoms with van der Waals surface area (Å²) in [6, 6.07) is 1.66.